The van der Waals surface area contributed by atoms with E-state index in [1.54, 1.807) is 13.4 Å². The number of fused-ring (bicyclic) bond motifs is 1. The summed E-state index contributed by atoms with van der Waals surface area (Å²) in [5.74, 6) is 1.20. The van der Waals surface area contributed by atoms with Gasteiger partial charge >= 0.3 is 0 Å². The lowest BCUT2D eigenvalue weighted by atomic mass is 10.3. The van der Waals surface area contributed by atoms with E-state index in [1.165, 1.54) is 0 Å². The Morgan fingerprint density at radius 3 is 3.11 bits per heavy atom. The van der Waals surface area contributed by atoms with Crippen molar-refractivity contribution in [2.24, 2.45) is 0 Å². The molecule has 0 aromatic carbocycles. The second kappa shape index (κ2) is 4.13. The molecular weight excluding hydrogens is 234 g/mol. The molecule has 18 heavy (non-hydrogen) atoms. The standard InChI is InChI=1S/C10H13N7O/c1-11-10-15-8-7(13-5-14-8)9(16-10)17-3-2-12-6(18)4-17/h5H,2-4H2,1H3,(H,12,18)(H2,11,13,14,15,16). The molecule has 1 saturated heterocycles. The SMILES string of the molecule is CNc1nc(N2CCNC(=O)C2)c2[nH]cnc2n1. The molecule has 8 heteroatoms. The van der Waals surface area contributed by atoms with E-state index in [2.05, 4.69) is 30.6 Å². The first-order valence-corrected chi connectivity index (χ1v) is 5.68. The molecule has 0 atom stereocenters. The smallest absolute Gasteiger partial charge is 0.239 e. The summed E-state index contributed by atoms with van der Waals surface area (Å²) in [7, 11) is 1.75. The second-order valence-corrected chi connectivity index (χ2v) is 3.99. The zero-order valence-corrected chi connectivity index (χ0v) is 9.90. The summed E-state index contributed by atoms with van der Waals surface area (Å²) in [5, 5.41) is 5.68. The second-order valence-electron chi connectivity index (χ2n) is 3.99. The zero-order chi connectivity index (χ0) is 12.5. The normalized spacial score (nSPS) is 15.8. The van der Waals surface area contributed by atoms with Crippen molar-refractivity contribution in [1.29, 1.82) is 0 Å². The minimum Gasteiger partial charge on any atom is -0.357 e. The first kappa shape index (κ1) is 10.8. The average Bonchev–Trinajstić information content (AvgIpc) is 2.85. The van der Waals surface area contributed by atoms with E-state index in [1.807, 2.05) is 4.90 Å². The molecule has 8 nitrogen and oxygen atoms in total. The van der Waals surface area contributed by atoms with Crippen molar-refractivity contribution < 1.29 is 4.79 Å². The molecule has 3 rings (SSSR count). The van der Waals surface area contributed by atoms with Gasteiger partial charge in [-0.05, 0) is 0 Å². The summed E-state index contributed by atoms with van der Waals surface area (Å²) in [6.45, 7) is 1.64. The van der Waals surface area contributed by atoms with Gasteiger partial charge in [-0.1, -0.05) is 0 Å². The number of nitrogens with zero attached hydrogens (tertiary/aromatic N) is 4. The van der Waals surface area contributed by atoms with Crippen molar-refractivity contribution >= 4 is 28.8 Å². The Morgan fingerprint density at radius 1 is 1.44 bits per heavy atom. The van der Waals surface area contributed by atoms with Crippen LogP contribution in [0.5, 0.6) is 0 Å². The summed E-state index contributed by atoms with van der Waals surface area (Å²) in [5.41, 5.74) is 1.35. The summed E-state index contributed by atoms with van der Waals surface area (Å²) < 4.78 is 0. The Balaban J connectivity index is 2.08. The van der Waals surface area contributed by atoms with Gasteiger partial charge in [-0.15, -0.1) is 0 Å². The van der Waals surface area contributed by atoms with Crippen molar-refractivity contribution in [2.75, 3.05) is 36.9 Å². The van der Waals surface area contributed by atoms with Crippen LogP contribution in [-0.4, -0.2) is 52.5 Å². The van der Waals surface area contributed by atoms with Crippen LogP contribution in [0, 0.1) is 0 Å². The van der Waals surface area contributed by atoms with E-state index < -0.39 is 0 Å². The third-order valence-corrected chi connectivity index (χ3v) is 2.83. The largest absolute Gasteiger partial charge is 0.357 e. The first-order chi connectivity index (χ1) is 8.78. The summed E-state index contributed by atoms with van der Waals surface area (Å²) in [6.07, 6.45) is 1.58. The van der Waals surface area contributed by atoms with Gasteiger partial charge in [0.1, 0.15) is 5.52 Å². The number of anilines is 2. The third-order valence-electron chi connectivity index (χ3n) is 2.83. The Morgan fingerprint density at radius 2 is 2.33 bits per heavy atom. The van der Waals surface area contributed by atoms with Crippen molar-refractivity contribution in [2.45, 2.75) is 0 Å². The molecule has 1 aliphatic heterocycles. The molecular formula is C10H13N7O. The minimum atomic E-state index is -0.00136. The van der Waals surface area contributed by atoms with E-state index in [4.69, 9.17) is 0 Å². The van der Waals surface area contributed by atoms with Crippen molar-refractivity contribution in [3.63, 3.8) is 0 Å². The molecule has 0 radical (unpaired) electrons. The quantitative estimate of drug-likeness (QED) is 0.651. The Kier molecular flexibility index (Phi) is 2.47. The number of carbonyl (C=O) groups is 1. The monoisotopic (exact) mass is 247 g/mol. The number of nitrogens with one attached hydrogen (secondary N) is 3. The van der Waals surface area contributed by atoms with Crippen molar-refractivity contribution in [3.05, 3.63) is 6.33 Å². The fourth-order valence-electron chi connectivity index (χ4n) is 1.98. The van der Waals surface area contributed by atoms with Crippen LogP contribution in [0.15, 0.2) is 6.33 Å². The molecule has 0 bridgehead atoms. The van der Waals surface area contributed by atoms with Gasteiger partial charge in [0.2, 0.25) is 11.9 Å². The van der Waals surface area contributed by atoms with E-state index in [9.17, 15) is 4.79 Å². The lowest BCUT2D eigenvalue weighted by molar-refractivity contribution is -0.120. The fourth-order valence-corrected chi connectivity index (χ4v) is 1.98. The molecule has 3 heterocycles. The van der Waals surface area contributed by atoms with E-state index >= 15 is 0 Å². The molecule has 0 saturated carbocycles. The predicted molar refractivity (Wildman–Crippen MR) is 66.5 cm³/mol. The third kappa shape index (κ3) is 1.71. The van der Waals surface area contributed by atoms with Gasteiger partial charge in [0.05, 0.1) is 12.9 Å². The number of amides is 1. The van der Waals surface area contributed by atoms with Gasteiger partial charge in [0, 0.05) is 20.1 Å². The molecule has 0 unspecified atom stereocenters. The number of hydrogen-bond donors (Lipinski definition) is 3. The predicted octanol–water partition coefficient (Wildman–Crippen LogP) is -0.669. The maximum absolute atomic E-state index is 11.4. The van der Waals surface area contributed by atoms with E-state index in [-0.39, 0.29) is 5.91 Å². The molecule has 1 fully saturated rings. The summed E-state index contributed by atoms with van der Waals surface area (Å²) in [6, 6.07) is 0. The Bertz CT molecular complexity index is 593. The number of carbonyl (C=O) groups excluding carboxylic acids is 1. The van der Waals surface area contributed by atoms with Crippen LogP contribution >= 0.6 is 0 Å². The van der Waals surface area contributed by atoms with E-state index in [0.717, 1.165) is 12.1 Å². The summed E-state index contributed by atoms with van der Waals surface area (Å²) in [4.78, 5) is 29.1. The highest BCUT2D eigenvalue weighted by molar-refractivity contribution is 5.89. The number of aromatic amines is 1. The number of imidazole rings is 1. The summed E-state index contributed by atoms with van der Waals surface area (Å²) >= 11 is 0. The number of hydrogen-bond acceptors (Lipinski definition) is 6. The minimum absolute atomic E-state index is 0.00136. The zero-order valence-electron chi connectivity index (χ0n) is 9.90. The lowest BCUT2D eigenvalue weighted by Gasteiger charge is -2.27. The van der Waals surface area contributed by atoms with Crippen LogP contribution < -0.4 is 15.5 Å². The van der Waals surface area contributed by atoms with Crippen LogP contribution in [0.2, 0.25) is 0 Å². The molecule has 1 amide bonds. The van der Waals surface area contributed by atoms with Gasteiger partial charge in [-0.2, -0.15) is 9.97 Å². The topological polar surface area (TPSA) is 98.8 Å². The first-order valence-electron chi connectivity index (χ1n) is 5.68. The highest BCUT2D eigenvalue weighted by Crippen LogP contribution is 2.22. The van der Waals surface area contributed by atoms with Crippen LogP contribution in [0.3, 0.4) is 0 Å². The molecule has 0 aliphatic carbocycles. The molecule has 1 aliphatic rings. The van der Waals surface area contributed by atoms with Crippen molar-refractivity contribution in [3.8, 4) is 0 Å². The van der Waals surface area contributed by atoms with Crippen LogP contribution in [0.1, 0.15) is 0 Å². The maximum atomic E-state index is 11.4. The van der Waals surface area contributed by atoms with Crippen LogP contribution in [0.25, 0.3) is 11.2 Å². The number of aromatic nitrogens is 4. The average molecular weight is 247 g/mol. The lowest BCUT2D eigenvalue weighted by Crippen LogP contribution is -2.48. The highest BCUT2D eigenvalue weighted by atomic mass is 16.2. The van der Waals surface area contributed by atoms with Gasteiger partial charge < -0.3 is 20.5 Å². The number of piperazine rings is 1. The highest BCUT2D eigenvalue weighted by Gasteiger charge is 2.21. The van der Waals surface area contributed by atoms with Gasteiger partial charge in [-0.25, -0.2) is 4.98 Å². The van der Waals surface area contributed by atoms with Gasteiger partial charge in [0.25, 0.3) is 0 Å². The molecule has 2 aromatic heterocycles. The molecule has 3 N–H and O–H groups in total. The van der Waals surface area contributed by atoms with Crippen LogP contribution in [0.4, 0.5) is 11.8 Å². The fraction of sp³-hybridized carbons (Fsp3) is 0.400. The maximum Gasteiger partial charge on any atom is 0.239 e. The van der Waals surface area contributed by atoms with Crippen molar-refractivity contribution in [1.82, 2.24) is 25.3 Å². The number of rotatable bonds is 2. The Hall–Kier alpha value is -2.38. The van der Waals surface area contributed by atoms with Gasteiger partial charge in [-0.3, -0.25) is 4.79 Å². The number of H-pyrrole nitrogens is 1. The molecule has 94 valence electrons. The van der Waals surface area contributed by atoms with Crippen LogP contribution in [-0.2, 0) is 4.79 Å². The molecule has 2 aromatic rings. The van der Waals surface area contributed by atoms with Gasteiger partial charge in [0.15, 0.2) is 11.5 Å². The molecule has 0 spiro atoms. The Labute approximate surface area is 103 Å². The van der Waals surface area contributed by atoms with E-state index in [0.29, 0.717) is 30.5 Å².